The zero-order valence-electron chi connectivity index (χ0n) is 13.4. The van der Waals surface area contributed by atoms with Gasteiger partial charge in [-0.25, -0.2) is 19.7 Å². The van der Waals surface area contributed by atoms with E-state index in [1.54, 1.807) is 18.5 Å². The van der Waals surface area contributed by atoms with Crippen LogP contribution in [0.5, 0.6) is 0 Å². The normalized spacial score (nSPS) is 11.4. The number of esters is 1. The van der Waals surface area contributed by atoms with Gasteiger partial charge in [-0.15, -0.1) is 11.3 Å². The fourth-order valence-electron chi connectivity index (χ4n) is 2.12. The van der Waals surface area contributed by atoms with E-state index in [9.17, 15) is 4.79 Å². The maximum Gasteiger partial charge on any atom is 0.364 e. The number of hydrogen-bond acceptors (Lipinski definition) is 9. The third-order valence-electron chi connectivity index (χ3n) is 3.28. The van der Waals surface area contributed by atoms with E-state index in [2.05, 4.69) is 29.8 Å². The van der Waals surface area contributed by atoms with E-state index in [4.69, 9.17) is 5.21 Å². The van der Waals surface area contributed by atoms with Gasteiger partial charge in [0.25, 0.3) is 0 Å². The molecule has 0 atom stereocenters. The summed E-state index contributed by atoms with van der Waals surface area (Å²) in [6.45, 7) is 1.87. The molecule has 3 aromatic heterocycles. The number of rotatable bonds is 4. The summed E-state index contributed by atoms with van der Waals surface area (Å²) in [5.74, 6) is -0.848. The molecular weight excluding hydrogens is 342 g/mol. The van der Waals surface area contributed by atoms with Crippen LogP contribution >= 0.6 is 11.3 Å². The molecule has 9 heteroatoms. The summed E-state index contributed by atoms with van der Waals surface area (Å²) < 4.78 is 4.56. The fraction of sp³-hybridized carbons (Fsp3) is 0.125. The number of nitrogens with zero attached hydrogens (tertiary/aromatic N) is 5. The van der Waals surface area contributed by atoms with Crippen LogP contribution in [0.3, 0.4) is 0 Å². The monoisotopic (exact) mass is 355 g/mol. The highest BCUT2D eigenvalue weighted by atomic mass is 32.1. The molecule has 0 saturated carbocycles. The number of oxime groups is 1. The van der Waals surface area contributed by atoms with Gasteiger partial charge in [0.2, 0.25) is 5.71 Å². The molecule has 0 aliphatic carbocycles. The Labute approximate surface area is 146 Å². The van der Waals surface area contributed by atoms with Gasteiger partial charge in [0.05, 0.1) is 23.4 Å². The lowest BCUT2D eigenvalue weighted by atomic mass is 10.2. The van der Waals surface area contributed by atoms with Crippen LogP contribution in [0.25, 0.3) is 21.1 Å². The number of aryl methyl sites for hydroxylation is 1. The molecule has 3 aromatic rings. The van der Waals surface area contributed by atoms with E-state index in [0.717, 1.165) is 21.1 Å². The van der Waals surface area contributed by atoms with Crippen molar-refractivity contribution in [2.45, 2.75) is 6.92 Å². The zero-order valence-corrected chi connectivity index (χ0v) is 14.2. The summed E-state index contributed by atoms with van der Waals surface area (Å²) >= 11 is 1.45. The SMILES string of the molecule is COC(=O)/C(=N\O)c1nccc(-c2sc(-c3cccnc3)nc2C)n1. The average Bonchev–Trinajstić information content (AvgIpc) is 3.05. The third kappa shape index (κ3) is 3.36. The Morgan fingerprint density at radius 3 is 2.80 bits per heavy atom. The molecule has 1 N–H and O–H groups in total. The molecule has 0 radical (unpaired) electrons. The van der Waals surface area contributed by atoms with Gasteiger partial charge in [-0.05, 0) is 25.1 Å². The predicted octanol–water partition coefficient (Wildman–Crippen LogP) is 2.32. The third-order valence-corrected chi connectivity index (χ3v) is 4.51. The van der Waals surface area contributed by atoms with Crippen molar-refractivity contribution in [3.8, 4) is 21.1 Å². The first-order valence-electron chi connectivity index (χ1n) is 7.16. The maximum atomic E-state index is 11.6. The van der Waals surface area contributed by atoms with E-state index < -0.39 is 5.97 Å². The van der Waals surface area contributed by atoms with Crippen LogP contribution in [-0.2, 0) is 9.53 Å². The topological polar surface area (TPSA) is 110 Å². The summed E-state index contributed by atoms with van der Waals surface area (Å²) in [5.41, 5.74) is 1.90. The number of aromatic nitrogens is 4. The number of thiazole rings is 1. The van der Waals surface area contributed by atoms with Crippen molar-refractivity contribution < 1.29 is 14.7 Å². The van der Waals surface area contributed by atoms with Crippen LogP contribution in [0.15, 0.2) is 41.9 Å². The van der Waals surface area contributed by atoms with Gasteiger partial charge in [0.15, 0.2) is 5.82 Å². The quantitative estimate of drug-likeness (QED) is 0.331. The minimum Gasteiger partial charge on any atom is -0.464 e. The highest BCUT2D eigenvalue weighted by Crippen LogP contribution is 2.33. The Hall–Kier alpha value is -3.20. The highest BCUT2D eigenvalue weighted by Gasteiger charge is 2.20. The summed E-state index contributed by atoms with van der Waals surface area (Å²) in [5, 5.41) is 12.8. The average molecular weight is 355 g/mol. The lowest BCUT2D eigenvalue weighted by molar-refractivity contribution is -0.132. The molecule has 0 aromatic carbocycles. The first-order chi connectivity index (χ1) is 12.1. The van der Waals surface area contributed by atoms with Crippen molar-refractivity contribution >= 4 is 23.0 Å². The van der Waals surface area contributed by atoms with Gasteiger partial charge in [-0.1, -0.05) is 5.16 Å². The van der Waals surface area contributed by atoms with Gasteiger partial charge < -0.3 is 9.94 Å². The lowest BCUT2D eigenvalue weighted by Crippen LogP contribution is -2.20. The fourth-order valence-corrected chi connectivity index (χ4v) is 3.15. The van der Waals surface area contributed by atoms with Crippen LogP contribution in [-0.4, -0.2) is 43.9 Å². The van der Waals surface area contributed by atoms with Crippen LogP contribution in [0, 0.1) is 6.92 Å². The molecule has 0 aliphatic heterocycles. The summed E-state index contributed by atoms with van der Waals surface area (Å²) in [6.07, 6.45) is 4.92. The molecule has 3 heterocycles. The maximum absolute atomic E-state index is 11.6. The molecular formula is C16H13N5O3S. The van der Waals surface area contributed by atoms with E-state index >= 15 is 0 Å². The molecule has 0 fully saturated rings. The summed E-state index contributed by atoms with van der Waals surface area (Å²) in [4.78, 5) is 29.4. The van der Waals surface area contributed by atoms with Crippen molar-refractivity contribution in [2.24, 2.45) is 5.16 Å². The molecule has 0 bridgehead atoms. The zero-order chi connectivity index (χ0) is 17.8. The van der Waals surface area contributed by atoms with Crippen molar-refractivity contribution in [1.29, 1.82) is 0 Å². The number of methoxy groups -OCH3 is 1. The van der Waals surface area contributed by atoms with Crippen LogP contribution in [0.4, 0.5) is 0 Å². The van der Waals surface area contributed by atoms with Crippen LogP contribution in [0.1, 0.15) is 11.5 Å². The highest BCUT2D eigenvalue weighted by molar-refractivity contribution is 7.18. The Morgan fingerprint density at radius 2 is 2.12 bits per heavy atom. The lowest BCUT2D eigenvalue weighted by Gasteiger charge is -2.03. The van der Waals surface area contributed by atoms with Crippen molar-refractivity contribution in [3.05, 3.63) is 48.3 Å². The van der Waals surface area contributed by atoms with Crippen molar-refractivity contribution in [3.63, 3.8) is 0 Å². The molecule has 0 spiro atoms. The number of pyridine rings is 1. The molecule has 25 heavy (non-hydrogen) atoms. The summed E-state index contributed by atoms with van der Waals surface area (Å²) in [6, 6.07) is 5.46. The van der Waals surface area contributed by atoms with E-state index in [-0.39, 0.29) is 11.5 Å². The van der Waals surface area contributed by atoms with Crippen molar-refractivity contribution in [1.82, 2.24) is 19.9 Å². The number of hydrogen-bond donors (Lipinski definition) is 1. The van der Waals surface area contributed by atoms with E-state index in [1.165, 1.54) is 24.6 Å². The minimum absolute atomic E-state index is 0.0254. The Kier molecular flexibility index (Phi) is 4.75. The van der Waals surface area contributed by atoms with Crippen LogP contribution < -0.4 is 0 Å². The second-order valence-corrected chi connectivity index (χ2v) is 5.88. The second-order valence-electron chi connectivity index (χ2n) is 4.88. The second kappa shape index (κ2) is 7.14. The number of carbonyl (C=O) groups excluding carboxylic acids is 1. The number of ether oxygens (including phenoxy) is 1. The Bertz CT molecular complexity index is 940. The van der Waals surface area contributed by atoms with E-state index in [0.29, 0.717) is 5.69 Å². The van der Waals surface area contributed by atoms with Gasteiger partial charge in [0.1, 0.15) is 5.01 Å². The van der Waals surface area contributed by atoms with Gasteiger partial charge >= 0.3 is 5.97 Å². The molecule has 0 unspecified atom stereocenters. The number of carbonyl (C=O) groups is 1. The van der Waals surface area contributed by atoms with Gasteiger partial charge in [-0.3, -0.25) is 4.98 Å². The largest absolute Gasteiger partial charge is 0.464 e. The Balaban J connectivity index is 2.02. The molecule has 0 saturated heterocycles. The van der Waals surface area contributed by atoms with E-state index in [1.807, 2.05) is 19.1 Å². The molecule has 0 aliphatic rings. The first kappa shape index (κ1) is 16.7. The van der Waals surface area contributed by atoms with Gasteiger partial charge in [-0.2, -0.15) is 0 Å². The predicted molar refractivity (Wildman–Crippen MR) is 91.4 cm³/mol. The van der Waals surface area contributed by atoms with Crippen LogP contribution in [0.2, 0.25) is 0 Å². The molecule has 8 nitrogen and oxygen atoms in total. The smallest absolute Gasteiger partial charge is 0.364 e. The standard InChI is InChI=1S/C16H13N5O3S/c1-9-13(25-15(19-9)10-4-3-6-17-8-10)11-5-7-18-14(20-11)12(21-23)16(22)24-2/h3-8,23H,1-2H3/b21-12-. The minimum atomic E-state index is -0.822. The first-order valence-corrected chi connectivity index (χ1v) is 7.97. The van der Waals surface area contributed by atoms with Crippen molar-refractivity contribution in [2.75, 3.05) is 7.11 Å². The Morgan fingerprint density at radius 1 is 1.28 bits per heavy atom. The van der Waals surface area contributed by atoms with Gasteiger partial charge in [0, 0.05) is 24.2 Å². The molecule has 3 rings (SSSR count). The molecule has 126 valence electrons. The summed E-state index contributed by atoms with van der Waals surface area (Å²) in [7, 11) is 1.19. The molecule has 0 amide bonds.